The standard InChI is InChI=1S/C36H22N6/c1-3-19-37-30(12-1)35-32-27(11-6-14-29(32)41-36(42-35)31-13-2-4-20-38-31)25-8-5-9-26(22-25)28-18-17-24-16-15-23-10-7-21-39-33(23)34(24)40-28/h1-22H. The highest BCUT2D eigenvalue weighted by Gasteiger charge is 2.17. The van der Waals surface area contributed by atoms with Crippen LogP contribution in [0.3, 0.4) is 0 Å². The van der Waals surface area contributed by atoms with E-state index in [1.807, 2.05) is 60.8 Å². The first-order valence-electron chi connectivity index (χ1n) is 13.7. The van der Waals surface area contributed by atoms with Gasteiger partial charge >= 0.3 is 0 Å². The highest BCUT2D eigenvalue weighted by atomic mass is 14.9. The SMILES string of the molecule is c1ccc(-c2nc(-c3ccccn3)c3c(-c4cccc(-c5ccc6ccc7cccnc7c6n5)c4)cccc3n2)nc1. The zero-order chi connectivity index (χ0) is 27.9. The van der Waals surface area contributed by atoms with Crippen molar-refractivity contribution in [2.45, 2.75) is 0 Å². The largest absolute Gasteiger partial charge is 0.255 e. The lowest BCUT2D eigenvalue weighted by Gasteiger charge is -2.13. The zero-order valence-electron chi connectivity index (χ0n) is 22.4. The van der Waals surface area contributed by atoms with Crippen LogP contribution in [0.5, 0.6) is 0 Å². The van der Waals surface area contributed by atoms with Crippen molar-refractivity contribution in [1.29, 1.82) is 0 Å². The maximum atomic E-state index is 5.08. The predicted molar refractivity (Wildman–Crippen MR) is 167 cm³/mol. The van der Waals surface area contributed by atoms with Gasteiger partial charge in [-0.2, -0.15) is 0 Å². The van der Waals surface area contributed by atoms with Crippen LogP contribution in [0.25, 0.3) is 78.0 Å². The van der Waals surface area contributed by atoms with E-state index in [1.165, 1.54) is 0 Å². The maximum Gasteiger partial charge on any atom is 0.179 e. The molecule has 0 radical (unpaired) electrons. The summed E-state index contributed by atoms with van der Waals surface area (Å²) in [4.78, 5) is 28.8. The molecule has 0 fully saturated rings. The second-order valence-electron chi connectivity index (χ2n) is 10.0. The van der Waals surface area contributed by atoms with E-state index in [0.717, 1.165) is 66.5 Å². The topological polar surface area (TPSA) is 77.3 Å². The third-order valence-corrected chi connectivity index (χ3v) is 7.43. The monoisotopic (exact) mass is 538 g/mol. The minimum atomic E-state index is 0.566. The molecule has 0 saturated heterocycles. The molecule has 0 spiro atoms. The number of pyridine rings is 4. The molecule has 0 atom stereocenters. The molecule has 3 aromatic carbocycles. The van der Waals surface area contributed by atoms with Gasteiger partial charge in [-0.3, -0.25) is 15.0 Å². The van der Waals surface area contributed by atoms with Crippen LogP contribution in [-0.2, 0) is 0 Å². The van der Waals surface area contributed by atoms with Crippen LogP contribution >= 0.6 is 0 Å². The van der Waals surface area contributed by atoms with Crippen molar-refractivity contribution in [3.05, 3.63) is 134 Å². The first kappa shape index (κ1) is 24.0. The minimum absolute atomic E-state index is 0.566. The van der Waals surface area contributed by atoms with Gasteiger partial charge in [0.05, 0.1) is 27.9 Å². The summed E-state index contributed by atoms with van der Waals surface area (Å²) in [6.07, 6.45) is 5.36. The lowest BCUT2D eigenvalue weighted by molar-refractivity contribution is 1.16. The van der Waals surface area contributed by atoms with E-state index in [1.54, 1.807) is 12.4 Å². The quantitative estimate of drug-likeness (QED) is 0.210. The Morgan fingerprint density at radius 3 is 2.00 bits per heavy atom. The Kier molecular flexibility index (Phi) is 5.67. The molecule has 8 rings (SSSR count). The normalized spacial score (nSPS) is 11.3. The van der Waals surface area contributed by atoms with Gasteiger partial charge in [-0.1, -0.05) is 66.7 Å². The molecule has 0 unspecified atom stereocenters. The average molecular weight is 539 g/mol. The van der Waals surface area contributed by atoms with Crippen molar-refractivity contribution >= 4 is 32.7 Å². The maximum absolute atomic E-state index is 5.08. The molecule has 6 nitrogen and oxygen atoms in total. The van der Waals surface area contributed by atoms with Crippen LogP contribution in [0.2, 0.25) is 0 Å². The van der Waals surface area contributed by atoms with Gasteiger partial charge in [0.2, 0.25) is 0 Å². The van der Waals surface area contributed by atoms with Crippen molar-refractivity contribution in [1.82, 2.24) is 29.9 Å². The zero-order valence-corrected chi connectivity index (χ0v) is 22.4. The highest BCUT2D eigenvalue weighted by molar-refractivity contribution is 6.05. The molecule has 5 heterocycles. The molecule has 0 aliphatic carbocycles. The van der Waals surface area contributed by atoms with E-state index in [9.17, 15) is 0 Å². The van der Waals surface area contributed by atoms with E-state index in [2.05, 4.69) is 75.6 Å². The van der Waals surface area contributed by atoms with E-state index in [0.29, 0.717) is 11.5 Å². The van der Waals surface area contributed by atoms with Crippen molar-refractivity contribution in [3.8, 4) is 45.3 Å². The molecule has 0 aliphatic heterocycles. The summed E-state index contributed by atoms with van der Waals surface area (Å²) < 4.78 is 0. The number of hydrogen-bond acceptors (Lipinski definition) is 6. The Morgan fingerprint density at radius 1 is 0.429 bits per heavy atom. The summed E-state index contributed by atoms with van der Waals surface area (Å²) in [6.45, 7) is 0. The van der Waals surface area contributed by atoms with Gasteiger partial charge < -0.3 is 0 Å². The fourth-order valence-electron chi connectivity index (χ4n) is 5.45. The predicted octanol–water partition coefficient (Wildman–Crippen LogP) is 8.18. The second-order valence-corrected chi connectivity index (χ2v) is 10.0. The van der Waals surface area contributed by atoms with Crippen LogP contribution in [0, 0.1) is 0 Å². The molecule has 196 valence electrons. The number of benzene rings is 3. The number of aromatic nitrogens is 6. The lowest BCUT2D eigenvalue weighted by Crippen LogP contribution is -1.99. The molecule has 0 N–H and O–H groups in total. The molecule has 42 heavy (non-hydrogen) atoms. The van der Waals surface area contributed by atoms with Crippen molar-refractivity contribution < 1.29 is 0 Å². The van der Waals surface area contributed by atoms with E-state index < -0.39 is 0 Å². The highest BCUT2D eigenvalue weighted by Crippen LogP contribution is 2.37. The third-order valence-electron chi connectivity index (χ3n) is 7.43. The average Bonchev–Trinajstić information content (AvgIpc) is 3.08. The first-order valence-corrected chi connectivity index (χ1v) is 13.7. The molecule has 0 aliphatic rings. The van der Waals surface area contributed by atoms with Gasteiger partial charge in [0.25, 0.3) is 0 Å². The number of nitrogens with zero attached hydrogens (tertiary/aromatic N) is 6. The van der Waals surface area contributed by atoms with E-state index >= 15 is 0 Å². The van der Waals surface area contributed by atoms with E-state index in [-0.39, 0.29) is 0 Å². The molecule has 5 aromatic heterocycles. The van der Waals surface area contributed by atoms with Gasteiger partial charge in [-0.25, -0.2) is 15.0 Å². The lowest BCUT2D eigenvalue weighted by atomic mass is 9.96. The van der Waals surface area contributed by atoms with Crippen LogP contribution in [-0.4, -0.2) is 29.9 Å². The van der Waals surface area contributed by atoms with Gasteiger partial charge in [0.15, 0.2) is 5.82 Å². The Balaban J connectivity index is 1.32. The number of fused-ring (bicyclic) bond motifs is 4. The fourth-order valence-corrected chi connectivity index (χ4v) is 5.45. The van der Waals surface area contributed by atoms with Crippen LogP contribution in [0.4, 0.5) is 0 Å². The molecule has 6 heteroatoms. The molecule has 8 aromatic rings. The van der Waals surface area contributed by atoms with Crippen molar-refractivity contribution in [2.24, 2.45) is 0 Å². The van der Waals surface area contributed by atoms with Crippen molar-refractivity contribution in [2.75, 3.05) is 0 Å². The molecule has 0 saturated carbocycles. The fraction of sp³-hybridized carbons (Fsp3) is 0. The molecule has 0 amide bonds. The molecular formula is C36H22N6. The van der Waals surface area contributed by atoms with Crippen LogP contribution in [0.15, 0.2) is 134 Å². The summed E-state index contributed by atoms with van der Waals surface area (Å²) in [5, 5.41) is 3.08. The molecular weight excluding hydrogens is 516 g/mol. The van der Waals surface area contributed by atoms with Gasteiger partial charge in [0.1, 0.15) is 11.4 Å². The van der Waals surface area contributed by atoms with Crippen LogP contribution in [0.1, 0.15) is 0 Å². The van der Waals surface area contributed by atoms with Gasteiger partial charge in [-0.15, -0.1) is 0 Å². The summed E-state index contributed by atoms with van der Waals surface area (Å²) in [5.74, 6) is 0.566. The number of rotatable bonds is 4. The summed E-state index contributed by atoms with van der Waals surface area (Å²) >= 11 is 0. The van der Waals surface area contributed by atoms with Gasteiger partial charge in [-0.05, 0) is 59.7 Å². The first-order chi connectivity index (χ1) is 20.8. The summed E-state index contributed by atoms with van der Waals surface area (Å²) in [7, 11) is 0. The third kappa shape index (κ3) is 4.14. The Bertz CT molecular complexity index is 2250. The Hall–Kier alpha value is -5.88. The minimum Gasteiger partial charge on any atom is -0.255 e. The van der Waals surface area contributed by atoms with Crippen molar-refractivity contribution in [3.63, 3.8) is 0 Å². The second kappa shape index (κ2) is 9.94. The van der Waals surface area contributed by atoms with Gasteiger partial charge in [0, 0.05) is 40.3 Å². The Morgan fingerprint density at radius 2 is 1.17 bits per heavy atom. The number of hydrogen-bond donors (Lipinski definition) is 0. The summed E-state index contributed by atoms with van der Waals surface area (Å²) in [5.41, 5.74) is 8.87. The Labute approximate surface area is 241 Å². The molecule has 0 bridgehead atoms. The van der Waals surface area contributed by atoms with Crippen LogP contribution < -0.4 is 0 Å². The van der Waals surface area contributed by atoms with E-state index in [4.69, 9.17) is 15.0 Å². The summed E-state index contributed by atoms with van der Waals surface area (Å²) in [6, 6.07) is 38.6. The smallest absolute Gasteiger partial charge is 0.179 e.